The van der Waals surface area contributed by atoms with E-state index in [9.17, 15) is 9.59 Å². The molecular weight excluding hydrogens is 216 g/mol. The maximum absolute atomic E-state index is 11.2. The first kappa shape index (κ1) is 13.2. The zero-order valence-corrected chi connectivity index (χ0v) is 9.94. The Morgan fingerprint density at radius 3 is 2.47 bits per heavy atom. The van der Waals surface area contributed by atoms with Crippen LogP contribution in [-0.2, 0) is 20.9 Å². The van der Waals surface area contributed by atoms with E-state index in [1.54, 1.807) is 13.0 Å². The Bertz CT molecular complexity index is 404. The molecule has 0 saturated heterocycles. The van der Waals surface area contributed by atoms with E-state index < -0.39 is 5.97 Å². The lowest BCUT2D eigenvalue weighted by atomic mass is 10.1. The van der Waals surface area contributed by atoms with Gasteiger partial charge in [-0.05, 0) is 11.1 Å². The molecule has 0 unspecified atom stereocenters. The number of Topliss-reactive ketones (excluding diaryl/α,β-unsaturated/α-hetero) is 1. The van der Waals surface area contributed by atoms with Crippen molar-refractivity contribution in [3.8, 4) is 0 Å². The summed E-state index contributed by atoms with van der Waals surface area (Å²) in [7, 11) is 0. The second kappa shape index (κ2) is 6.63. The van der Waals surface area contributed by atoms with Crippen LogP contribution in [0, 0.1) is 0 Å². The minimum atomic E-state index is -0.468. The molecule has 1 aromatic carbocycles. The van der Waals surface area contributed by atoms with Crippen LogP contribution >= 0.6 is 0 Å². The molecule has 3 heteroatoms. The van der Waals surface area contributed by atoms with Crippen molar-refractivity contribution in [3.63, 3.8) is 0 Å². The van der Waals surface area contributed by atoms with Crippen LogP contribution in [0.25, 0.3) is 6.08 Å². The molecule has 90 valence electrons. The molecule has 0 aromatic heterocycles. The van der Waals surface area contributed by atoms with Gasteiger partial charge < -0.3 is 4.74 Å². The summed E-state index contributed by atoms with van der Waals surface area (Å²) in [4.78, 5) is 22.3. The average Bonchev–Trinajstić information content (AvgIpc) is 2.36. The molecule has 0 aliphatic heterocycles. The fourth-order valence-electron chi connectivity index (χ4n) is 1.25. The molecule has 0 fully saturated rings. The molecule has 1 rings (SSSR count). The predicted molar refractivity (Wildman–Crippen MR) is 66.2 cm³/mol. The van der Waals surface area contributed by atoms with Gasteiger partial charge in [0.2, 0.25) is 0 Å². The minimum absolute atomic E-state index is 0.1000. The monoisotopic (exact) mass is 232 g/mol. The summed E-state index contributed by atoms with van der Waals surface area (Å²) in [5.41, 5.74) is 1.91. The maximum Gasteiger partial charge on any atom is 0.313 e. The minimum Gasteiger partial charge on any atom is -0.460 e. The SMILES string of the molecule is C=Cc1ccc(COC(=O)CC(=O)CC)cc1. The number of ether oxygens (including phenoxy) is 1. The van der Waals surface area contributed by atoms with Crippen molar-refractivity contribution >= 4 is 17.8 Å². The fraction of sp³-hybridized carbons (Fsp3) is 0.286. The second-order valence-electron chi connectivity index (χ2n) is 3.68. The summed E-state index contributed by atoms with van der Waals surface area (Å²) in [6, 6.07) is 7.53. The summed E-state index contributed by atoms with van der Waals surface area (Å²) < 4.78 is 4.99. The van der Waals surface area contributed by atoms with Crippen molar-refractivity contribution in [1.82, 2.24) is 0 Å². The molecule has 0 atom stereocenters. The Hall–Kier alpha value is -1.90. The van der Waals surface area contributed by atoms with Crippen LogP contribution in [0.3, 0.4) is 0 Å². The lowest BCUT2D eigenvalue weighted by molar-refractivity contribution is -0.147. The Morgan fingerprint density at radius 2 is 1.94 bits per heavy atom. The van der Waals surface area contributed by atoms with Crippen molar-refractivity contribution in [2.75, 3.05) is 0 Å². The van der Waals surface area contributed by atoms with Gasteiger partial charge in [0.15, 0.2) is 0 Å². The zero-order chi connectivity index (χ0) is 12.7. The van der Waals surface area contributed by atoms with Crippen LogP contribution < -0.4 is 0 Å². The topological polar surface area (TPSA) is 43.4 Å². The van der Waals surface area contributed by atoms with Gasteiger partial charge in [-0.2, -0.15) is 0 Å². The van der Waals surface area contributed by atoms with Crippen LogP contribution in [0.15, 0.2) is 30.8 Å². The van der Waals surface area contributed by atoms with E-state index in [2.05, 4.69) is 6.58 Å². The van der Waals surface area contributed by atoms with Crippen LogP contribution in [0.4, 0.5) is 0 Å². The smallest absolute Gasteiger partial charge is 0.313 e. The van der Waals surface area contributed by atoms with E-state index in [-0.39, 0.29) is 18.8 Å². The van der Waals surface area contributed by atoms with Crippen molar-refractivity contribution in [3.05, 3.63) is 42.0 Å². The highest BCUT2D eigenvalue weighted by molar-refractivity contribution is 5.95. The van der Waals surface area contributed by atoms with Crippen LogP contribution in [0.1, 0.15) is 30.9 Å². The highest BCUT2D eigenvalue weighted by Crippen LogP contribution is 2.07. The van der Waals surface area contributed by atoms with Crippen LogP contribution in [-0.4, -0.2) is 11.8 Å². The number of hydrogen-bond acceptors (Lipinski definition) is 3. The van der Waals surface area contributed by atoms with E-state index in [1.807, 2.05) is 24.3 Å². The van der Waals surface area contributed by atoms with Crippen LogP contribution in [0.5, 0.6) is 0 Å². The number of hydrogen-bond donors (Lipinski definition) is 0. The lowest BCUT2D eigenvalue weighted by Crippen LogP contribution is -2.10. The molecule has 0 heterocycles. The third kappa shape index (κ3) is 4.64. The van der Waals surface area contributed by atoms with Gasteiger partial charge in [-0.3, -0.25) is 9.59 Å². The van der Waals surface area contributed by atoms with Crippen molar-refractivity contribution in [1.29, 1.82) is 0 Å². The van der Waals surface area contributed by atoms with Crippen molar-refractivity contribution in [2.45, 2.75) is 26.4 Å². The van der Waals surface area contributed by atoms with Gasteiger partial charge in [0.05, 0.1) is 0 Å². The fourth-order valence-corrected chi connectivity index (χ4v) is 1.25. The van der Waals surface area contributed by atoms with Crippen molar-refractivity contribution in [2.24, 2.45) is 0 Å². The van der Waals surface area contributed by atoms with E-state index in [1.165, 1.54) is 0 Å². The quantitative estimate of drug-likeness (QED) is 0.559. The molecule has 0 radical (unpaired) electrons. The molecule has 3 nitrogen and oxygen atoms in total. The Balaban J connectivity index is 2.41. The molecular formula is C14H16O3. The molecule has 0 bridgehead atoms. The van der Waals surface area contributed by atoms with Gasteiger partial charge in [-0.25, -0.2) is 0 Å². The average molecular weight is 232 g/mol. The molecule has 17 heavy (non-hydrogen) atoms. The Morgan fingerprint density at radius 1 is 1.29 bits per heavy atom. The number of rotatable bonds is 6. The summed E-state index contributed by atoms with van der Waals surface area (Å²) in [6.07, 6.45) is 1.97. The molecule has 0 spiro atoms. The summed E-state index contributed by atoms with van der Waals surface area (Å²) in [5, 5.41) is 0. The van der Waals surface area contributed by atoms with Gasteiger partial charge in [0.25, 0.3) is 0 Å². The van der Waals surface area contributed by atoms with Gasteiger partial charge in [0.1, 0.15) is 18.8 Å². The van der Waals surface area contributed by atoms with E-state index >= 15 is 0 Å². The Labute approximate surface area is 101 Å². The third-order valence-corrected chi connectivity index (χ3v) is 2.35. The van der Waals surface area contributed by atoms with Gasteiger partial charge in [-0.1, -0.05) is 43.8 Å². The predicted octanol–water partition coefficient (Wildman–Crippen LogP) is 2.74. The number of benzene rings is 1. The van der Waals surface area contributed by atoms with E-state index in [4.69, 9.17) is 4.74 Å². The first-order valence-electron chi connectivity index (χ1n) is 5.54. The molecule has 0 N–H and O–H groups in total. The third-order valence-electron chi connectivity index (χ3n) is 2.35. The van der Waals surface area contributed by atoms with Gasteiger partial charge >= 0.3 is 5.97 Å². The van der Waals surface area contributed by atoms with E-state index in [0.717, 1.165) is 11.1 Å². The molecule has 0 saturated carbocycles. The highest BCUT2D eigenvalue weighted by atomic mass is 16.5. The Kier molecular flexibility index (Phi) is 5.14. The number of esters is 1. The molecule has 0 aliphatic carbocycles. The number of carbonyl (C=O) groups excluding carboxylic acids is 2. The lowest BCUT2D eigenvalue weighted by Gasteiger charge is -2.04. The first-order valence-corrected chi connectivity index (χ1v) is 5.54. The normalized spacial score (nSPS) is 9.71. The largest absolute Gasteiger partial charge is 0.460 e. The zero-order valence-electron chi connectivity index (χ0n) is 9.94. The van der Waals surface area contributed by atoms with E-state index in [0.29, 0.717) is 6.42 Å². The first-order chi connectivity index (χ1) is 8.15. The van der Waals surface area contributed by atoms with Gasteiger partial charge in [0, 0.05) is 6.42 Å². The van der Waals surface area contributed by atoms with Crippen molar-refractivity contribution < 1.29 is 14.3 Å². The maximum atomic E-state index is 11.2. The standard InChI is InChI=1S/C14H16O3/c1-3-11-5-7-12(8-6-11)10-17-14(16)9-13(15)4-2/h3,5-8H,1,4,9-10H2,2H3. The highest BCUT2D eigenvalue weighted by Gasteiger charge is 2.08. The summed E-state index contributed by atoms with van der Waals surface area (Å²) >= 11 is 0. The summed E-state index contributed by atoms with van der Waals surface area (Å²) in [6.45, 7) is 5.58. The second-order valence-corrected chi connectivity index (χ2v) is 3.68. The molecule has 0 aliphatic rings. The number of ketones is 1. The molecule has 0 amide bonds. The van der Waals surface area contributed by atoms with Crippen LogP contribution in [0.2, 0.25) is 0 Å². The molecule has 1 aromatic rings. The van der Waals surface area contributed by atoms with Gasteiger partial charge in [-0.15, -0.1) is 0 Å². The summed E-state index contributed by atoms with van der Waals surface area (Å²) in [5.74, 6) is -0.568. The number of carbonyl (C=O) groups is 2.